The molecule has 158 valence electrons. The molecule has 30 heavy (non-hydrogen) atoms. The maximum Gasteiger partial charge on any atom is 0.221 e. The summed E-state index contributed by atoms with van der Waals surface area (Å²) in [6.07, 6.45) is 0. The van der Waals surface area contributed by atoms with Crippen molar-refractivity contribution in [2.45, 2.75) is 39.4 Å². The number of carbonyl (C=O) groups excluding carboxylic acids is 2. The highest BCUT2D eigenvalue weighted by Crippen LogP contribution is 2.28. The Labute approximate surface area is 175 Å². The van der Waals surface area contributed by atoms with Crippen molar-refractivity contribution in [3.8, 4) is 5.75 Å². The maximum atomic E-state index is 13.2. The van der Waals surface area contributed by atoms with Gasteiger partial charge in [-0.25, -0.2) is 9.18 Å². The minimum Gasteiger partial charge on any atom is -0.476 e. The highest BCUT2D eigenvalue weighted by Gasteiger charge is 2.34. The summed E-state index contributed by atoms with van der Waals surface area (Å²) in [6.45, 7) is 6.86. The van der Waals surface area contributed by atoms with Crippen LogP contribution >= 0.6 is 0 Å². The van der Waals surface area contributed by atoms with Crippen molar-refractivity contribution in [3.63, 3.8) is 0 Å². The van der Waals surface area contributed by atoms with Crippen molar-refractivity contribution in [2.75, 3.05) is 18.6 Å². The lowest BCUT2D eigenvalue weighted by Crippen LogP contribution is -2.55. The monoisotopic (exact) mass is 411 g/mol. The summed E-state index contributed by atoms with van der Waals surface area (Å²) >= 11 is 0. The van der Waals surface area contributed by atoms with E-state index >= 15 is 0 Å². The molecule has 0 aliphatic carbocycles. The van der Waals surface area contributed by atoms with Crippen LogP contribution in [0, 0.1) is 5.82 Å². The third-order valence-electron chi connectivity index (χ3n) is 5.24. The van der Waals surface area contributed by atoms with Crippen LogP contribution in [0.5, 0.6) is 5.75 Å². The van der Waals surface area contributed by atoms with Crippen molar-refractivity contribution in [3.05, 3.63) is 65.6 Å². The van der Waals surface area contributed by atoms with E-state index in [1.807, 2.05) is 30.9 Å². The molecule has 1 fully saturated rings. The molecule has 6 nitrogen and oxygen atoms in total. The van der Waals surface area contributed by atoms with E-state index in [-0.39, 0.29) is 30.5 Å². The summed E-state index contributed by atoms with van der Waals surface area (Å²) < 4.78 is 19.2. The topological polar surface area (TPSA) is 61.9 Å². The Morgan fingerprint density at radius 3 is 2.57 bits per heavy atom. The number of amides is 1. The zero-order valence-corrected chi connectivity index (χ0v) is 17.4. The van der Waals surface area contributed by atoms with E-state index in [2.05, 4.69) is 16.2 Å². The van der Waals surface area contributed by atoms with Crippen molar-refractivity contribution >= 4 is 17.5 Å². The Hall–Kier alpha value is -3.15. The lowest BCUT2D eigenvalue weighted by molar-refractivity contribution is -0.114. The number of hydrogen-bond acceptors (Lipinski definition) is 5. The van der Waals surface area contributed by atoms with Crippen molar-refractivity contribution < 1.29 is 18.7 Å². The van der Waals surface area contributed by atoms with Gasteiger partial charge in [0.15, 0.2) is 0 Å². The molecule has 1 saturated heterocycles. The maximum absolute atomic E-state index is 13.2. The SMILES string of the molecule is CC(=O)Nc1ccccc1OCN1C[C@@H](C)N(Cc2ccc(F)cc2)C(=C=O)[C@@H]1C. The molecule has 7 heteroatoms. The first-order chi connectivity index (χ1) is 14.4. The lowest BCUT2D eigenvalue weighted by atomic mass is 10.0. The van der Waals surface area contributed by atoms with Crippen LogP contribution in [0.3, 0.4) is 0 Å². The molecule has 1 aliphatic rings. The molecule has 2 atom stereocenters. The fourth-order valence-corrected chi connectivity index (χ4v) is 3.62. The summed E-state index contributed by atoms with van der Waals surface area (Å²) in [5.41, 5.74) is 2.07. The average molecular weight is 411 g/mol. The molecule has 2 aromatic carbocycles. The number of carbonyl (C=O) groups is 1. The minimum absolute atomic E-state index is 0.0388. The quantitative estimate of drug-likeness (QED) is 0.738. The van der Waals surface area contributed by atoms with Crippen molar-refractivity contribution in [1.82, 2.24) is 9.80 Å². The van der Waals surface area contributed by atoms with E-state index in [4.69, 9.17) is 4.74 Å². The van der Waals surface area contributed by atoms with E-state index in [1.165, 1.54) is 19.1 Å². The number of rotatable bonds is 6. The van der Waals surface area contributed by atoms with Gasteiger partial charge in [-0.2, -0.15) is 0 Å². The number of nitrogens with one attached hydrogen (secondary N) is 1. The van der Waals surface area contributed by atoms with Crippen LogP contribution in [0.1, 0.15) is 26.3 Å². The van der Waals surface area contributed by atoms with Gasteiger partial charge in [-0.1, -0.05) is 24.3 Å². The molecule has 1 N–H and O–H groups in total. The molecule has 3 rings (SSSR count). The summed E-state index contributed by atoms with van der Waals surface area (Å²) in [5, 5.41) is 2.75. The molecule has 0 radical (unpaired) electrons. The second-order valence-corrected chi connectivity index (χ2v) is 7.49. The zero-order valence-electron chi connectivity index (χ0n) is 17.4. The number of hydrogen-bond donors (Lipinski definition) is 1. The standard InChI is InChI=1S/C23H26FN3O3/c1-16-12-26(15-30-23-7-5-4-6-21(23)25-18(3)29)17(2)22(14-28)27(16)13-19-8-10-20(24)11-9-19/h4-11,16-17H,12-13,15H2,1-3H3,(H,25,29)/t16-,17+/m1/s1. The highest BCUT2D eigenvalue weighted by atomic mass is 19.1. The van der Waals surface area contributed by atoms with Crippen LogP contribution in [0.4, 0.5) is 10.1 Å². The largest absolute Gasteiger partial charge is 0.476 e. The van der Waals surface area contributed by atoms with Gasteiger partial charge in [-0.3, -0.25) is 9.69 Å². The van der Waals surface area contributed by atoms with Crippen LogP contribution < -0.4 is 10.1 Å². The lowest BCUT2D eigenvalue weighted by Gasteiger charge is -2.45. The summed E-state index contributed by atoms with van der Waals surface area (Å²) in [6, 6.07) is 13.4. The Kier molecular flexibility index (Phi) is 6.87. The van der Waals surface area contributed by atoms with Gasteiger partial charge in [-0.15, -0.1) is 0 Å². The van der Waals surface area contributed by atoms with Crippen LogP contribution in [0.25, 0.3) is 0 Å². The molecule has 0 spiro atoms. The molecular formula is C23H26FN3O3. The van der Waals surface area contributed by atoms with E-state index in [1.54, 1.807) is 24.3 Å². The number of halogens is 1. The third kappa shape index (κ3) is 5.06. The molecule has 0 saturated carbocycles. The summed E-state index contributed by atoms with van der Waals surface area (Å²) in [7, 11) is 0. The molecule has 2 aromatic rings. The van der Waals surface area contributed by atoms with Gasteiger partial charge < -0.3 is 15.0 Å². The number of ether oxygens (including phenoxy) is 1. The van der Waals surface area contributed by atoms with Gasteiger partial charge in [0.2, 0.25) is 5.91 Å². The van der Waals surface area contributed by atoms with Crippen molar-refractivity contribution in [1.29, 1.82) is 0 Å². The smallest absolute Gasteiger partial charge is 0.221 e. The normalized spacial score (nSPS) is 19.3. The fourth-order valence-electron chi connectivity index (χ4n) is 3.62. The van der Waals surface area contributed by atoms with E-state index in [9.17, 15) is 14.0 Å². The van der Waals surface area contributed by atoms with E-state index in [0.717, 1.165) is 5.56 Å². The number of para-hydroxylation sites is 2. The molecule has 0 unspecified atom stereocenters. The van der Waals surface area contributed by atoms with Crippen LogP contribution in [-0.2, 0) is 16.1 Å². The highest BCUT2D eigenvalue weighted by molar-refractivity contribution is 5.90. The second kappa shape index (κ2) is 9.57. The second-order valence-electron chi connectivity index (χ2n) is 7.49. The summed E-state index contributed by atoms with van der Waals surface area (Å²) in [4.78, 5) is 27.2. The van der Waals surface area contributed by atoms with Crippen LogP contribution in [-0.4, -0.2) is 47.0 Å². The molecule has 1 amide bonds. The van der Waals surface area contributed by atoms with Crippen LogP contribution in [0.15, 0.2) is 54.2 Å². The molecule has 0 bridgehead atoms. The van der Waals surface area contributed by atoms with Gasteiger partial charge in [0.05, 0.1) is 11.7 Å². The number of piperazine rings is 1. The van der Waals surface area contributed by atoms with Gasteiger partial charge in [0, 0.05) is 26.1 Å². The Morgan fingerprint density at radius 2 is 1.90 bits per heavy atom. The summed E-state index contributed by atoms with van der Waals surface area (Å²) in [5.74, 6) is 2.21. The Balaban J connectivity index is 1.70. The van der Waals surface area contributed by atoms with Crippen molar-refractivity contribution in [2.24, 2.45) is 0 Å². The van der Waals surface area contributed by atoms with Gasteiger partial charge in [0.1, 0.15) is 29.9 Å². The molecule has 0 aromatic heterocycles. The Bertz CT molecular complexity index is 941. The first kappa shape index (κ1) is 21.6. The number of anilines is 1. The average Bonchev–Trinajstić information content (AvgIpc) is 2.72. The number of nitrogens with zero attached hydrogens (tertiary/aromatic N) is 2. The third-order valence-corrected chi connectivity index (χ3v) is 5.24. The van der Waals surface area contributed by atoms with Gasteiger partial charge >= 0.3 is 0 Å². The first-order valence-corrected chi connectivity index (χ1v) is 9.88. The van der Waals surface area contributed by atoms with Crippen LogP contribution in [0.2, 0.25) is 0 Å². The molecule has 1 aliphatic heterocycles. The first-order valence-electron chi connectivity index (χ1n) is 9.88. The predicted octanol–water partition coefficient (Wildman–Crippen LogP) is 3.43. The van der Waals surface area contributed by atoms with E-state index in [0.29, 0.717) is 30.2 Å². The molecule has 1 heterocycles. The Morgan fingerprint density at radius 1 is 1.20 bits per heavy atom. The number of benzene rings is 2. The molecular weight excluding hydrogens is 385 g/mol. The zero-order chi connectivity index (χ0) is 21.7. The van der Waals surface area contributed by atoms with Gasteiger partial charge in [0.25, 0.3) is 0 Å². The fraction of sp³-hybridized carbons (Fsp3) is 0.348. The minimum atomic E-state index is -0.284. The predicted molar refractivity (Wildman–Crippen MR) is 113 cm³/mol. The van der Waals surface area contributed by atoms with E-state index < -0.39 is 0 Å². The van der Waals surface area contributed by atoms with Gasteiger partial charge in [-0.05, 0) is 43.7 Å².